The Morgan fingerprint density at radius 1 is 1.31 bits per heavy atom. The number of anilines is 1. The molecule has 2 heterocycles. The smallest absolute Gasteiger partial charge is 0.181 e. The highest BCUT2D eigenvalue weighted by Gasteiger charge is 2.06. The maximum atomic E-state index is 5.29. The number of thioether (sulfide) groups is 1. The summed E-state index contributed by atoms with van der Waals surface area (Å²) in [4.78, 5) is 4.28. The zero-order chi connectivity index (χ0) is 11.4. The van der Waals surface area contributed by atoms with E-state index >= 15 is 0 Å². The summed E-state index contributed by atoms with van der Waals surface area (Å²) in [5.74, 6) is 5.93. The first kappa shape index (κ1) is 11.6. The lowest BCUT2D eigenvalue weighted by Crippen LogP contribution is -2.08. The van der Waals surface area contributed by atoms with Gasteiger partial charge in [-0.05, 0) is 30.2 Å². The second kappa shape index (κ2) is 5.48. The zero-order valence-electron chi connectivity index (χ0n) is 8.38. The molecule has 84 valence electrons. The highest BCUT2D eigenvalue weighted by atomic mass is 32.2. The highest BCUT2D eigenvalue weighted by molar-refractivity contribution is 8.02. The van der Waals surface area contributed by atoms with E-state index in [1.54, 1.807) is 29.2 Å². The van der Waals surface area contributed by atoms with Gasteiger partial charge in [0.25, 0.3) is 0 Å². The summed E-state index contributed by atoms with van der Waals surface area (Å²) in [5.41, 5.74) is 2.51. The van der Waals surface area contributed by atoms with Crippen molar-refractivity contribution in [2.24, 2.45) is 5.84 Å². The fourth-order valence-electron chi connectivity index (χ4n) is 0.962. The summed E-state index contributed by atoms with van der Waals surface area (Å²) in [6, 6.07) is 5.60. The van der Waals surface area contributed by atoms with Gasteiger partial charge in [-0.2, -0.15) is 0 Å². The van der Waals surface area contributed by atoms with Gasteiger partial charge in [-0.25, -0.2) is 10.8 Å². The zero-order valence-corrected chi connectivity index (χ0v) is 10.8. The van der Waals surface area contributed by atoms with Crippen molar-refractivity contribution in [3.8, 4) is 0 Å². The molecule has 0 unspecified atom stereocenters. The Balaban J connectivity index is 2.13. The number of nitrogens with one attached hydrogen (secondary N) is 1. The first-order valence-electron chi connectivity index (χ1n) is 4.31. The Labute approximate surface area is 105 Å². The van der Waals surface area contributed by atoms with Crippen LogP contribution in [0.25, 0.3) is 0 Å². The van der Waals surface area contributed by atoms with Crippen molar-refractivity contribution in [1.29, 1.82) is 0 Å². The van der Waals surface area contributed by atoms with E-state index in [2.05, 4.69) is 20.6 Å². The molecule has 2 aromatic rings. The topological polar surface area (TPSA) is 76.7 Å². The minimum Gasteiger partial charge on any atom is -0.308 e. The Hall–Kier alpha value is -0.830. The maximum absolute atomic E-state index is 5.29. The van der Waals surface area contributed by atoms with Gasteiger partial charge in [-0.3, -0.25) is 0 Å². The van der Waals surface area contributed by atoms with Gasteiger partial charge in [0, 0.05) is 0 Å². The minimum absolute atomic E-state index is 0.639. The van der Waals surface area contributed by atoms with Gasteiger partial charge in [-0.1, -0.05) is 29.2 Å². The first-order valence-corrected chi connectivity index (χ1v) is 7.16. The number of hydrogen-bond acceptors (Lipinski definition) is 8. The number of nitrogens with two attached hydrogens (primary N) is 1. The molecule has 2 rings (SSSR count). The van der Waals surface area contributed by atoms with Crippen LogP contribution in [0.2, 0.25) is 0 Å². The van der Waals surface area contributed by atoms with E-state index in [-0.39, 0.29) is 0 Å². The molecule has 0 atom stereocenters. The number of pyridine rings is 1. The van der Waals surface area contributed by atoms with Crippen LogP contribution in [0.15, 0.2) is 31.9 Å². The predicted octanol–water partition coefficient (Wildman–Crippen LogP) is 2.09. The molecule has 16 heavy (non-hydrogen) atoms. The Kier molecular flexibility index (Phi) is 3.99. The molecule has 2 aromatic heterocycles. The van der Waals surface area contributed by atoms with Crippen molar-refractivity contribution in [3.63, 3.8) is 0 Å². The lowest BCUT2D eigenvalue weighted by molar-refractivity contribution is 0.953. The van der Waals surface area contributed by atoms with Crippen molar-refractivity contribution >= 4 is 40.7 Å². The fraction of sp³-hybridized carbons (Fsp3) is 0.125. The lowest BCUT2D eigenvalue weighted by Gasteiger charge is -2.00. The van der Waals surface area contributed by atoms with E-state index in [9.17, 15) is 0 Å². The van der Waals surface area contributed by atoms with Gasteiger partial charge < -0.3 is 5.43 Å². The monoisotopic (exact) mass is 271 g/mol. The highest BCUT2D eigenvalue weighted by Crippen LogP contribution is 2.31. The number of nitrogens with zero attached hydrogens (tertiary/aromatic N) is 3. The van der Waals surface area contributed by atoms with Crippen molar-refractivity contribution in [3.05, 3.63) is 18.2 Å². The SMILES string of the molecule is CSc1nnc(Sc2cccc(NN)n2)s1. The number of rotatable bonds is 4. The van der Waals surface area contributed by atoms with Crippen LogP contribution in [0, 0.1) is 0 Å². The van der Waals surface area contributed by atoms with Crippen LogP contribution in [0.3, 0.4) is 0 Å². The van der Waals surface area contributed by atoms with E-state index in [0.29, 0.717) is 5.82 Å². The second-order valence-electron chi connectivity index (χ2n) is 2.65. The average Bonchev–Trinajstić information content (AvgIpc) is 2.77. The van der Waals surface area contributed by atoms with E-state index in [1.165, 1.54) is 11.8 Å². The maximum Gasteiger partial charge on any atom is 0.181 e. The van der Waals surface area contributed by atoms with E-state index in [0.717, 1.165) is 13.7 Å². The first-order chi connectivity index (χ1) is 7.81. The molecule has 0 radical (unpaired) electrons. The van der Waals surface area contributed by atoms with Crippen LogP contribution in [0.1, 0.15) is 0 Å². The number of nitrogen functional groups attached to an aromatic ring is 1. The Morgan fingerprint density at radius 3 is 2.81 bits per heavy atom. The molecule has 0 aliphatic rings. The largest absolute Gasteiger partial charge is 0.308 e. The van der Waals surface area contributed by atoms with Crippen molar-refractivity contribution in [1.82, 2.24) is 15.2 Å². The third-order valence-corrected chi connectivity index (χ3v) is 4.51. The third-order valence-electron chi connectivity index (χ3n) is 1.63. The minimum atomic E-state index is 0.639. The summed E-state index contributed by atoms with van der Waals surface area (Å²) >= 11 is 4.62. The van der Waals surface area contributed by atoms with Crippen LogP contribution in [-0.2, 0) is 0 Å². The van der Waals surface area contributed by atoms with Gasteiger partial charge in [0.15, 0.2) is 8.68 Å². The molecule has 0 amide bonds. The fourth-order valence-corrected chi connectivity index (χ4v) is 3.34. The lowest BCUT2D eigenvalue weighted by atomic mass is 10.5. The number of hydrogen-bond donors (Lipinski definition) is 2. The molecule has 0 fully saturated rings. The van der Waals surface area contributed by atoms with Crippen molar-refractivity contribution < 1.29 is 0 Å². The van der Waals surface area contributed by atoms with E-state index in [1.807, 2.05) is 18.4 Å². The molecule has 0 aliphatic carbocycles. The van der Waals surface area contributed by atoms with Crippen LogP contribution in [0.5, 0.6) is 0 Å². The molecule has 0 saturated carbocycles. The molecule has 3 N–H and O–H groups in total. The molecule has 0 aliphatic heterocycles. The molecule has 8 heteroatoms. The van der Waals surface area contributed by atoms with Crippen LogP contribution in [0.4, 0.5) is 5.82 Å². The second-order valence-corrected chi connectivity index (χ2v) is 5.94. The molecular weight excluding hydrogens is 262 g/mol. The van der Waals surface area contributed by atoms with E-state index in [4.69, 9.17) is 5.84 Å². The Bertz CT molecular complexity index is 472. The van der Waals surface area contributed by atoms with Crippen LogP contribution >= 0.6 is 34.9 Å². The van der Waals surface area contributed by atoms with Crippen molar-refractivity contribution in [2.75, 3.05) is 11.7 Å². The molecule has 0 aromatic carbocycles. The molecule has 0 spiro atoms. The summed E-state index contributed by atoms with van der Waals surface area (Å²) in [6.45, 7) is 0. The quantitative estimate of drug-likeness (QED) is 0.501. The summed E-state index contributed by atoms with van der Waals surface area (Å²) in [6.07, 6.45) is 1.98. The Morgan fingerprint density at radius 2 is 2.12 bits per heavy atom. The van der Waals surface area contributed by atoms with Gasteiger partial charge >= 0.3 is 0 Å². The molecule has 0 bridgehead atoms. The molecule has 0 saturated heterocycles. The predicted molar refractivity (Wildman–Crippen MR) is 67.9 cm³/mol. The normalized spacial score (nSPS) is 10.4. The summed E-state index contributed by atoms with van der Waals surface area (Å²) < 4.78 is 1.83. The summed E-state index contributed by atoms with van der Waals surface area (Å²) in [7, 11) is 0. The average molecular weight is 271 g/mol. The standard InChI is InChI=1S/C8H9N5S3/c1-14-7-12-13-8(16-7)15-6-4-2-3-5(10-6)11-9/h2-4H,9H2,1H3,(H,10,11). The van der Waals surface area contributed by atoms with Crippen LogP contribution in [-0.4, -0.2) is 21.4 Å². The number of aromatic nitrogens is 3. The summed E-state index contributed by atoms with van der Waals surface area (Å²) in [5, 5.41) is 8.92. The van der Waals surface area contributed by atoms with Gasteiger partial charge in [-0.15, -0.1) is 10.2 Å². The number of hydrazine groups is 1. The molecule has 5 nitrogen and oxygen atoms in total. The van der Waals surface area contributed by atoms with E-state index < -0.39 is 0 Å². The molecular formula is C8H9N5S3. The van der Waals surface area contributed by atoms with Gasteiger partial charge in [0.2, 0.25) is 0 Å². The van der Waals surface area contributed by atoms with Gasteiger partial charge in [0.1, 0.15) is 10.8 Å². The van der Waals surface area contributed by atoms with Crippen LogP contribution < -0.4 is 11.3 Å². The third kappa shape index (κ3) is 2.85. The van der Waals surface area contributed by atoms with Gasteiger partial charge in [0.05, 0.1) is 0 Å². The van der Waals surface area contributed by atoms with Crippen molar-refractivity contribution in [2.45, 2.75) is 13.7 Å².